The minimum atomic E-state index is 0.596. The minimum Gasteiger partial charge on any atom is -0.375 e. The van der Waals surface area contributed by atoms with Gasteiger partial charge in [-0.05, 0) is 0 Å². The molecule has 0 unspecified atom stereocenters. The van der Waals surface area contributed by atoms with E-state index >= 15 is 0 Å². The number of anilines is 1. The van der Waals surface area contributed by atoms with Crippen molar-refractivity contribution < 1.29 is 0 Å². The first-order valence-electron chi connectivity index (χ1n) is 3.79. The van der Waals surface area contributed by atoms with Gasteiger partial charge in [0.15, 0.2) is 5.13 Å². The molecule has 0 aliphatic rings. The van der Waals surface area contributed by atoms with Crippen LogP contribution >= 0.6 is 11.3 Å². The molecule has 66 valence electrons. The first-order valence-corrected chi connectivity index (χ1v) is 4.61. The molecule has 2 rings (SSSR count). The van der Waals surface area contributed by atoms with Gasteiger partial charge in [0.2, 0.25) is 0 Å². The quantitative estimate of drug-likeness (QED) is 0.774. The van der Waals surface area contributed by atoms with Gasteiger partial charge in [0.05, 0.1) is 5.69 Å². The second-order valence-corrected chi connectivity index (χ2v) is 3.69. The van der Waals surface area contributed by atoms with Crippen LogP contribution in [0.3, 0.4) is 0 Å². The van der Waals surface area contributed by atoms with Crippen LogP contribution in [0.2, 0.25) is 0 Å². The average Bonchev–Trinajstić information content (AvgIpc) is 2.53. The van der Waals surface area contributed by atoms with Crippen molar-refractivity contribution in [3.05, 3.63) is 35.4 Å². The van der Waals surface area contributed by atoms with E-state index in [0.717, 1.165) is 17.0 Å². The summed E-state index contributed by atoms with van der Waals surface area (Å²) < 4.78 is 0. The molecule has 0 saturated heterocycles. The van der Waals surface area contributed by atoms with Crippen molar-refractivity contribution >= 4 is 16.5 Å². The van der Waals surface area contributed by atoms with Gasteiger partial charge in [0, 0.05) is 36.1 Å². The predicted molar refractivity (Wildman–Crippen MR) is 51.4 cm³/mol. The summed E-state index contributed by atoms with van der Waals surface area (Å²) in [6.45, 7) is 0. The highest BCUT2D eigenvalue weighted by molar-refractivity contribution is 7.15. The Bertz CT molecular complexity index is 384. The zero-order valence-corrected chi connectivity index (χ0v) is 7.66. The molecule has 0 atom stereocenters. The first-order chi connectivity index (χ1) is 6.34. The number of nitrogens with zero attached hydrogens (tertiary/aromatic N) is 3. The Labute approximate surface area is 79.5 Å². The van der Waals surface area contributed by atoms with Gasteiger partial charge in [-0.15, -0.1) is 11.3 Å². The van der Waals surface area contributed by atoms with E-state index in [1.807, 2.05) is 0 Å². The van der Waals surface area contributed by atoms with Crippen LogP contribution in [0.15, 0.2) is 24.8 Å². The van der Waals surface area contributed by atoms with E-state index in [0.29, 0.717) is 5.13 Å². The Hall–Kier alpha value is -1.49. The van der Waals surface area contributed by atoms with Crippen molar-refractivity contribution in [2.45, 2.75) is 6.42 Å². The summed E-state index contributed by atoms with van der Waals surface area (Å²) in [5.41, 5.74) is 6.44. The third kappa shape index (κ3) is 2.00. The lowest BCUT2D eigenvalue weighted by Gasteiger charge is -1.93. The maximum Gasteiger partial charge on any atom is 0.180 e. The van der Waals surface area contributed by atoms with Gasteiger partial charge in [-0.25, -0.2) is 4.98 Å². The number of hydrogen-bond acceptors (Lipinski definition) is 5. The van der Waals surface area contributed by atoms with Crippen LogP contribution in [0, 0.1) is 0 Å². The Morgan fingerprint density at radius 2 is 2.15 bits per heavy atom. The van der Waals surface area contributed by atoms with Crippen LogP contribution < -0.4 is 5.73 Å². The van der Waals surface area contributed by atoms with Crippen molar-refractivity contribution in [3.8, 4) is 0 Å². The van der Waals surface area contributed by atoms with Gasteiger partial charge in [-0.2, -0.15) is 0 Å². The largest absolute Gasteiger partial charge is 0.375 e. The number of aromatic nitrogens is 3. The lowest BCUT2D eigenvalue weighted by atomic mass is 10.3. The molecule has 2 heterocycles. The fourth-order valence-electron chi connectivity index (χ4n) is 1.00. The van der Waals surface area contributed by atoms with E-state index in [1.165, 1.54) is 11.3 Å². The summed E-state index contributed by atoms with van der Waals surface area (Å²) in [6, 6.07) is 0. The molecule has 0 aliphatic heterocycles. The maximum absolute atomic E-state index is 5.50. The summed E-state index contributed by atoms with van der Waals surface area (Å²) in [5.74, 6) is 0. The van der Waals surface area contributed by atoms with E-state index in [4.69, 9.17) is 5.73 Å². The van der Waals surface area contributed by atoms with E-state index < -0.39 is 0 Å². The lowest BCUT2D eigenvalue weighted by molar-refractivity contribution is 1.04. The normalized spacial score (nSPS) is 10.2. The molecule has 0 aromatic carbocycles. The van der Waals surface area contributed by atoms with Crippen molar-refractivity contribution in [2.75, 3.05) is 5.73 Å². The molecule has 0 radical (unpaired) electrons. The summed E-state index contributed by atoms with van der Waals surface area (Å²) in [7, 11) is 0. The van der Waals surface area contributed by atoms with Gasteiger partial charge in [0.25, 0.3) is 0 Å². The molecule has 2 N–H and O–H groups in total. The molecular weight excluding hydrogens is 184 g/mol. The molecule has 0 bridgehead atoms. The average molecular weight is 192 g/mol. The zero-order chi connectivity index (χ0) is 9.10. The van der Waals surface area contributed by atoms with Crippen molar-refractivity contribution in [2.24, 2.45) is 0 Å². The third-order valence-corrected chi connectivity index (χ3v) is 2.37. The molecule has 0 spiro atoms. The predicted octanol–water partition coefficient (Wildman–Crippen LogP) is 1.11. The minimum absolute atomic E-state index is 0.596. The molecule has 0 aliphatic carbocycles. The molecule has 0 fully saturated rings. The SMILES string of the molecule is Nc1ncc(Cc2cnccn2)s1. The van der Waals surface area contributed by atoms with Crippen LogP contribution in [0.4, 0.5) is 5.13 Å². The molecule has 13 heavy (non-hydrogen) atoms. The van der Waals surface area contributed by atoms with Gasteiger partial charge in [-0.3, -0.25) is 9.97 Å². The smallest absolute Gasteiger partial charge is 0.180 e. The van der Waals surface area contributed by atoms with E-state index in [2.05, 4.69) is 15.0 Å². The number of rotatable bonds is 2. The van der Waals surface area contributed by atoms with Gasteiger partial charge in [0.1, 0.15) is 0 Å². The maximum atomic E-state index is 5.50. The monoisotopic (exact) mass is 192 g/mol. The Balaban J connectivity index is 2.15. The summed E-state index contributed by atoms with van der Waals surface area (Å²) in [5, 5.41) is 0.596. The second kappa shape index (κ2) is 3.49. The van der Waals surface area contributed by atoms with Crippen LogP contribution in [0.5, 0.6) is 0 Å². The fraction of sp³-hybridized carbons (Fsp3) is 0.125. The fourth-order valence-corrected chi connectivity index (χ4v) is 1.70. The van der Waals surface area contributed by atoms with Crippen molar-refractivity contribution in [1.82, 2.24) is 15.0 Å². The van der Waals surface area contributed by atoms with E-state index in [1.54, 1.807) is 24.8 Å². The topological polar surface area (TPSA) is 64.7 Å². The molecule has 2 aromatic rings. The Morgan fingerprint density at radius 3 is 2.77 bits per heavy atom. The van der Waals surface area contributed by atoms with Gasteiger partial charge >= 0.3 is 0 Å². The summed E-state index contributed by atoms with van der Waals surface area (Å²) in [6.07, 6.45) is 7.61. The number of thiazole rings is 1. The van der Waals surface area contributed by atoms with Crippen molar-refractivity contribution in [3.63, 3.8) is 0 Å². The zero-order valence-electron chi connectivity index (χ0n) is 6.84. The lowest BCUT2D eigenvalue weighted by Crippen LogP contribution is -1.89. The van der Waals surface area contributed by atoms with Crippen LogP contribution in [0.1, 0.15) is 10.6 Å². The highest BCUT2D eigenvalue weighted by Gasteiger charge is 2.00. The highest BCUT2D eigenvalue weighted by Crippen LogP contribution is 2.16. The summed E-state index contributed by atoms with van der Waals surface area (Å²) in [4.78, 5) is 13.2. The first kappa shape index (κ1) is 8.12. The third-order valence-electron chi connectivity index (χ3n) is 1.54. The summed E-state index contributed by atoms with van der Waals surface area (Å²) >= 11 is 1.48. The van der Waals surface area contributed by atoms with Crippen LogP contribution in [0.25, 0.3) is 0 Å². The van der Waals surface area contributed by atoms with Gasteiger partial charge < -0.3 is 5.73 Å². The standard InChI is InChI=1S/C8H8N4S/c9-8-12-5-7(13-8)3-6-4-10-1-2-11-6/h1-2,4-5H,3H2,(H2,9,12). The van der Waals surface area contributed by atoms with Gasteiger partial charge in [-0.1, -0.05) is 0 Å². The Kier molecular flexibility index (Phi) is 2.18. The Morgan fingerprint density at radius 1 is 1.23 bits per heavy atom. The number of hydrogen-bond donors (Lipinski definition) is 1. The highest BCUT2D eigenvalue weighted by atomic mass is 32.1. The van der Waals surface area contributed by atoms with Crippen LogP contribution in [-0.2, 0) is 6.42 Å². The molecule has 0 amide bonds. The molecule has 4 nitrogen and oxygen atoms in total. The molecule has 2 aromatic heterocycles. The second-order valence-electron chi connectivity index (χ2n) is 2.54. The van der Waals surface area contributed by atoms with Crippen molar-refractivity contribution in [1.29, 1.82) is 0 Å². The van der Waals surface area contributed by atoms with E-state index in [-0.39, 0.29) is 0 Å². The number of nitrogens with two attached hydrogens (primary N) is 1. The molecular formula is C8H8N4S. The van der Waals surface area contributed by atoms with Crippen LogP contribution in [-0.4, -0.2) is 15.0 Å². The molecule has 0 saturated carbocycles. The number of nitrogen functional groups attached to an aromatic ring is 1. The van der Waals surface area contributed by atoms with E-state index in [9.17, 15) is 0 Å². The molecule has 5 heteroatoms.